The average Bonchev–Trinajstić information content (AvgIpc) is 2.94. The molecule has 0 aromatic heterocycles. The van der Waals surface area contributed by atoms with Gasteiger partial charge in [0.1, 0.15) is 0 Å². The lowest BCUT2D eigenvalue weighted by atomic mass is 9.76. The Morgan fingerprint density at radius 2 is 1.83 bits per heavy atom. The third-order valence-corrected chi connectivity index (χ3v) is 5.73. The van der Waals surface area contributed by atoms with E-state index in [1.54, 1.807) is 21.3 Å². The van der Waals surface area contributed by atoms with E-state index in [0.29, 0.717) is 11.5 Å². The monoisotopic (exact) mass is 335 g/mol. The number of hydrogen-bond acceptors (Lipinski definition) is 5. The summed E-state index contributed by atoms with van der Waals surface area (Å²) in [6.45, 7) is 2.83. The van der Waals surface area contributed by atoms with Gasteiger partial charge in [0.05, 0.1) is 27.4 Å². The van der Waals surface area contributed by atoms with Gasteiger partial charge in [-0.05, 0) is 38.3 Å². The molecule has 2 fully saturated rings. The zero-order valence-electron chi connectivity index (χ0n) is 15.0. The van der Waals surface area contributed by atoms with Gasteiger partial charge in [-0.15, -0.1) is 0 Å². The number of rotatable bonds is 5. The SMILES string of the molecule is COc1ccc(CN2CCC[C@]3(CCC[C@H]3O)C2)c(OC)c1OC. The lowest BCUT2D eigenvalue weighted by molar-refractivity contribution is -0.0121. The Bertz CT molecular complexity index is 577. The van der Waals surface area contributed by atoms with Gasteiger partial charge in [0.25, 0.3) is 0 Å². The Morgan fingerprint density at radius 1 is 1.08 bits per heavy atom. The van der Waals surface area contributed by atoms with Gasteiger partial charge in [-0.3, -0.25) is 4.90 Å². The smallest absolute Gasteiger partial charge is 0.203 e. The van der Waals surface area contributed by atoms with E-state index in [4.69, 9.17) is 14.2 Å². The van der Waals surface area contributed by atoms with Crippen LogP contribution < -0.4 is 14.2 Å². The molecular formula is C19H29NO4. The van der Waals surface area contributed by atoms with Crippen LogP contribution in [-0.4, -0.2) is 50.5 Å². The molecule has 1 saturated carbocycles. The minimum Gasteiger partial charge on any atom is -0.493 e. The van der Waals surface area contributed by atoms with Gasteiger partial charge >= 0.3 is 0 Å². The minimum absolute atomic E-state index is 0.0992. The van der Waals surface area contributed by atoms with E-state index >= 15 is 0 Å². The molecule has 0 bridgehead atoms. The predicted octanol–water partition coefficient (Wildman–Crippen LogP) is 2.84. The summed E-state index contributed by atoms with van der Waals surface area (Å²) >= 11 is 0. The topological polar surface area (TPSA) is 51.2 Å². The number of nitrogens with zero attached hydrogens (tertiary/aromatic N) is 1. The highest BCUT2D eigenvalue weighted by Gasteiger charge is 2.44. The van der Waals surface area contributed by atoms with Crippen molar-refractivity contribution < 1.29 is 19.3 Å². The standard InChI is InChI=1S/C19H29NO4/c1-22-15-8-7-14(17(23-2)18(15)24-3)12-20-11-5-10-19(13-20)9-4-6-16(19)21/h7-8,16,21H,4-6,9-13H2,1-3H3/t16-,19-/m1/s1. The van der Waals surface area contributed by atoms with Crippen LogP contribution in [0.5, 0.6) is 17.2 Å². The first-order valence-corrected chi connectivity index (χ1v) is 8.82. The fourth-order valence-electron chi connectivity index (χ4n) is 4.52. The summed E-state index contributed by atoms with van der Waals surface area (Å²) in [5.41, 5.74) is 1.20. The number of piperidine rings is 1. The van der Waals surface area contributed by atoms with E-state index in [0.717, 1.165) is 63.1 Å². The highest BCUT2D eigenvalue weighted by molar-refractivity contribution is 5.55. The Balaban J connectivity index is 1.80. The quantitative estimate of drug-likeness (QED) is 0.897. The van der Waals surface area contributed by atoms with Gasteiger partial charge in [-0.25, -0.2) is 0 Å². The molecule has 1 aromatic rings. The second-order valence-electron chi connectivity index (χ2n) is 7.08. The second-order valence-corrected chi connectivity index (χ2v) is 7.08. The molecule has 0 unspecified atom stereocenters. The number of hydrogen-bond donors (Lipinski definition) is 1. The first kappa shape index (κ1) is 17.4. The highest BCUT2D eigenvalue weighted by Crippen LogP contribution is 2.46. The maximum absolute atomic E-state index is 10.5. The molecule has 1 saturated heterocycles. The van der Waals surface area contributed by atoms with Gasteiger partial charge < -0.3 is 19.3 Å². The molecule has 0 radical (unpaired) electrons. The second kappa shape index (κ2) is 7.19. The summed E-state index contributed by atoms with van der Waals surface area (Å²) in [5, 5.41) is 10.5. The summed E-state index contributed by atoms with van der Waals surface area (Å²) in [4.78, 5) is 2.45. The molecule has 5 heteroatoms. The molecule has 2 atom stereocenters. The summed E-state index contributed by atoms with van der Waals surface area (Å²) in [6, 6.07) is 3.98. The highest BCUT2D eigenvalue weighted by atomic mass is 16.5. The number of likely N-dealkylation sites (tertiary alicyclic amines) is 1. The summed E-state index contributed by atoms with van der Waals surface area (Å²) in [7, 11) is 4.93. The summed E-state index contributed by atoms with van der Waals surface area (Å²) in [5.74, 6) is 2.06. The van der Waals surface area contributed by atoms with Crippen molar-refractivity contribution in [2.24, 2.45) is 5.41 Å². The van der Waals surface area contributed by atoms with E-state index in [-0.39, 0.29) is 11.5 Å². The molecule has 0 amide bonds. The molecule has 3 rings (SSSR count). The predicted molar refractivity (Wildman–Crippen MR) is 92.9 cm³/mol. The normalized spacial score (nSPS) is 27.4. The van der Waals surface area contributed by atoms with Gasteiger partial charge in [-0.2, -0.15) is 0 Å². The largest absolute Gasteiger partial charge is 0.493 e. The molecule has 1 aliphatic carbocycles. The maximum atomic E-state index is 10.5. The molecule has 2 aliphatic rings. The van der Waals surface area contributed by atoms with Crippen LogP contribution >= 0.6 is 0 Å². The average molecular weight is 335 g/mol. The lowest BCUT2D eigenvalue weighted by Crippen LogP contribution is -2.46. The maximum Gasteiger partial charge on any atom is 0.203 e. The molecule has 24 heavy (non-hydrogen) atoms. The van der Waals surface area contributed by atoms with Gasteiger partial charge in [0.2, 0.25) is 5.75 Å². The summed E-state index contributed by atoms with van der Waals surface area (Å²) in [6.07, 6.45) is 5.39. The first-order valence-electron chi connectivity index (χ1n) is 8.82. The lowest BCUT2D eigenvalue weighted by Gasteiger charge is -2.42. The van der Waals surface area contributed by atoms with Gasteiger partial charge in [0.15, 0.2) is 11.5 Å². The van der Waals surface area contributed by atoms with Gasteiger partial charge in [0, 0.05) is 24.1 Å². The van der Waals surface area contributed by atoms with Gasteiger partial charge in [-0.1, -0.05) is 12.5 Å². The number of ether oxygens (including phenoxy) is 3. The van der Waals surface area contributed by atoms with Crippen LogP contribution in [0, 0.1) is 5.41 Å². The van der Waals surface area contributed by atoms with E-state index < -0.39 is 0 Å². The van der Waals surface area contributed by atoms with Crippen LogP contribution in [0.15, 0.2) is 12.1 Å². The zero-order chi connectivity index (χ0) is 17.2. The molecule has 5 nitrogen and oxygen atoms in total. The first-order chi connectivity index (χ1) is 11.6. The molecule has 134 valence electrons. The Morgan fingerprint density at radius 3 is 2.46 bits per heavy atom. The van der Waals surface area contributed by atoms with Crippen molar-refractivity contribution in [3.8, 4) is 17.2 Å². The Kier molecular flexibility index (Phi) is 5.21. The van der Waals surface area contributed by atoms with Crippen molar-refractivity contribution in [2.45, 2.75) is 44.8 Å². The molecule has 1 aliphatic heterocycles. The third kappa shape index (κ3) is 3.07. The van der Waals surface area contributed by atoms with Crippen molar-refractivity contribution in [3.63, 3.8) is 0 Å². The summed E-state index contributed by atoms with van der Waals surface area (Å²) < 4.78 is 16.5. The van der Waals surface area contributed by atoms with Crippen molar-refractivity contribution in [1.29, 1.82) is 0 Å². The molecule has 1 spiro atoms. The third-order valence-electron chi connectivity index (χ3n) is 5.73. The fraction of sp³-hybridized carbons (Fsp3) is 0.684. The molecular weight excluding hydrogens is 306 g/mol. The van der Waals surface area contributed by atoms with Crippen LogP contribution in [0.25, 0.3) is 0 Å². The number of aliphatic hydroxyl groups is 1. The van der Waals surface area contributed by atoms with Crippen molar-refractivity contribution in [3.05, 3.63) is 17.7 Å². The van der Waals surface area contributed by atoms with E-state index in [9.17, 15) is 5.11 Å². The fourth-order valence-corrected chi connectivity index (χ4v) is 4.52. The van der Waals surface area contributed by atoms with Crippen LogP contribution in [0.3, 0.4) is 0 Å². The number of benzene rings is 1. The van der Waals surface area contributed by atoms with Crippen LogP contribution in [0.4, 0.5) is 0 Å². The van der Waals surface area contributed by atoms with Crippen molar-refractivity contribution in [2.75, 3.05) is 34.4 Å². The molecule has 1 N–H and O–H groups in total. The van der Waals surface area contributed by atoms with E-state index in [2.05, 4.69) is 4.90 Å². The van der Waals surface area contributed by atoms with Crippen LogP contribution in [0.1, 0.15) is 37.7 Å². The van der Waals surface area contributed by atoms with E-state index in [1.807, 2.05) is 12.1 Å². The number of methoxy groups -OCH3 is 3. The van der Waals surface area contributed by atoms with Crippen molar-refractivity contribution in [1.82, 2.24) is 4.90 Å². The zero-order valence-corrected chi connectivity index (χ0v) is 15.0. The Labute approximate surface area is 144 Å². The molecule has 1 aromatic carbocycles. The number of aliphatic hydroxyl groups excluding tert-OH is 1. The molecule has 1 heterocycles. The van der Waals surface area contributed by atoms with E-state index in [1.165, 1.54) is 0 Å². The van der Waals surface area contributed by atoms with Crippen LogP contribution in [-0.2, 0) is 6.54 Å². The minimum atomic E-state index is -0.146. The van der Waals surface area contributed by atoms with Crippen LogP contribution in [0.2, 0.25) is 0 Å². The van der Waals surface area contributed by atoms with Crippen molar-refractivity contribution >= 4 is 0 Å². The Hall–Kier alpha value is -1.46.